The third-order valence-corrected chi connectivity index (χ3v) is 3.05. The second-order valence-corrected chi connectivity index (χ2v) is 4.63. The Morgan fingerprint density at radius 3 is 1.92 bits per heavy atom. The molecule has 0 aliphatic rings. The quantitative estimate of drug-likeness (QED) is 0.295. The van der Waals surface area contributed by atoms with Gasteiger partial charge in [0.25, 0.3) is 5.69 Å². The number of hydrogen-bond acceptors (Lipinski definition) is 7. The predicted octanol–water partition coefficient (Wildman–Crippen LogP) is 2.02. The average molecular weight is 362 g/mol. The van der Waals surface area contributed by atoms with Gasteiger partial charge in [-0.3, -0.25) is 19.7 Å². The van der Waals surface area contributed by atoms with Crippen molar-refractivity contribution in [2.75, 3.05) is 30.6 Å². The number of nitrogen functional groups attached to an aromatic ring is 1. The number of carbonyl (C=O) groups excluding carboxylic acids is 2. The number of hydrogen-bond donors (Lipinski definition) is 3. The fourth-order valence-electron chi connectivity index (χ4n) is 1.89. The molecule has 0 spiro atoms. The third kappa shape index (κ3) is 5.67. The van der Waals surface area contributed by atoms with Gasteiger partial charge in [0, 0.05) is 17.8 Å². The molecule has 0 aliphatic heterocycles. The lowest BCUT2D eigenvalue weighted by atomic mass is 10.2. The number of nitro groups is 1. The predicted molar refractivity (Wildman–Crippen MR) is 96.4 cm³/mol. The number of amides is 2. The summed E-state index contributed by atoms with van der Waals surface area (Å²) in [7, 11) is 2.94. The lowest BCUT2D eigenvalue weighted by molar-refractivity contribution is -0.384. The summed E-state index contributed by atoms with van der Waals surface area (Å²) in [5.74, 6) is 0.971. The summed E-state index contributed by atoms with van der Waals surface area (Å²) < 4.78 is 9.86. The second kappa shape index (κ2) is 10.1. The van der Waals surface area contributed by atoms with E-state index in [1.54, 1.807) is 18.2 Å². The molecular formula is C16H18N4O6. The van der Waals surface area contributed by atoms with Crippen LogP contribution in [0.3, 0.4) is 0 Å². The molecule has 10 heteroatoms. The lowest BCUT2D eigenvalue weighted by Crippen LogP contribution is -1.98. The first-order chi connectivity index (χ1) is 12.5. The normalized spacial score (nSPS) is 9.15. The zero-order valence-corrected chi connectivity index (χ0v) is 14.1. The molecule has 0 bridgehead atoms. The van der Waals surface area contributed by atoms with Crippen molar-refractivity contribution < 1.29 is 24.0 Å². The summed E-state index contributed by atoms with van der Waals surface area (Å²) in [5, 5.41) is 15.2. The maximum absolute atomic E-state index is 10.4. The van der Waals surface area contributed by atoms with E-state index in [0.717, 1.165) is 0 Å². The summed E-state index contributed by atoms with van der Waals surface area (Å²) in [6, 6.07) is 8.98. The van der Waals surface area contributed by atoms with Gasteiger partial charge in [0.15, 0.2) is 0 Å². The number of methoxy groups -OCH3 is 2. The summed E-state index contributed by atoms with van der Waals surface area (Å²) in [6.45, 7) is 0. The largest absolute Gasteiger partial charge is 0.495 e. The van der Waals surface area contributed by atoms with Gasteiger partial charge in [-0.15, -0.1) is 0 Å². The van der Waals surface area contributed by atoms with Crippen LogP contribution in [0.1, 0.15) is 0 Å². The molecule has 0 aromatic heterocycles. The van der Waals surface area contributed by atoms with E-state index in [9.17, 15) is 19.7 Å². The molecule has 0 fully saturated rings. The van der Waals surface area contributed by atoms with Crippen molar-refractivity contribution >= 4 is 35.6 Å². The topological polar surface area (TPSA) is 146 Å². The summed E-state index contributed by atoms with van der Waals surface area (Å²) in [4.78, 5) is 30.2. The molecule has 0 radical (unpaired) electrons. The van der Waals surface area contributed by atoms with Crippen LogP contribution < -0.4 is 25.8 Å². The first-order valence-corrected chi connectivity index (χ1v) is 7.13. The van der Waals surface area contributed by atoms with E-state index in [-0.39, 0.29) is 11.4 Å². The van der Waals surface area contributed by atoms with Gasteiger partial charge in [0.1, 0.15) is 11.5 Å². The monoisotopic (exact) mass is 362 g/mol. The Kier molecular flexibility index (Phi) is 7.88. The maximum Gasteiger partial charge on any atom is 0.271 e. The molecule has 0 saturated heterocycles. The van der Waals surface area contributed by atoms with Gasteiger partial charge in [-0.2, -0.15) is 0 Å². The molecule has 10 nitrogen and oxygen atoms in total. The number of nitro benzene ring substituents is 1. The number of benzene rings is 2. The highest BCUT2D eigenvalue weighted by atomic mass is 16.6. The summed E-state index contributed by atoms with van der Waals surface area (Å²) in [5.41, 5.74) is 6.83. The van der Waals surface area contributed by atoms with E-state index < -0.39 is 4.92 Å². The Morgan fingerprint density at radius 1 is 0.962 bits per heavy atom. The molecule has 2 rings (SSSR count). The summed E-state index contributed by atoms with van der Waals surface area (Å²) >= 11 is 0. The van der Waals surface area contributed by atoms with Crippen LogP contribution in [-0.2, 0) is 9.59 Å². The first kappa shape index (κ1) is 20.2. The van der Waals surface area contributed by atoms with Crippen molar-refractivity contribution in [3.8, 4) is 11.5 Å². The van der Waals surface area contributed by atoms with Crippen LogP contribution in [0.2, 0.25) is 0 Å². The van der Waals surface area contributed by atoms with E-state index in [2.05, 4.69) is 10.6 Å². The van der Waals surface area contributed by atoms with Crippen LogP contribution in [0, 0.1) is 10.1 Å². The van der Waals surface area contributed by atoms with E-state index in [1.807, 2.05) is 0 Å². The lowest BCUT2D eigenvalue weighted by Gasteiger charge is -2.06. The number of nitrogens with one attached hydrogen (secondary N) is 2. The van der Waals surface area contributed by atoms with Crippen LogP contribution in [-0.4, -0.2) is 32.0 Å². The van der Waals surface area contributed by atoms with E-state index in [0.29, 0.717) is 35.7 Å². The van der Waals surface area contributed by atoms with E-state index >= 15 is 0 Å². The molecule has 0 heterocycles. The Morgan fingerprint density at radius 2 is 1.46 bits per heavy atom. The molecule has 138 valence electrons. The minimum absolute atomic E-state index is 0.102. The van der Waals surface area contributed by atoms with Gasteiger partial charge in [0.2, 0.25) is 12.8 Å². The van der Waals surface area contributed by atoms with E-state index in [1.165, 1.54) is 32.4 Å². The Hall–Kier alpha value is -3.82. The molecule has 26 heavy (non-hydrogen) atoms. The first-order valence-electron chi connectivity index (χ1n) is 7.13. The number of non-ortho nitro benzene ring substituents is 1. The molecule has 0 aliphatic carbocycles. The van der Waals surface area contributed by atoms with Crippen LogP contribution in [0.5, 0.6) is 11.5 Å². The van der Waals surface area contributed by atoms with Crippen LogP contribution in [0.4, 0.5) is 22.7 Å². The van der Waals surface area contributed by atoms with Crippen LogP contribution >= 0.6 is 0 Å². The number of carbonyl (C=O) groups is 2. The number of ether oxygens (including phenoxy) is 2. The molecule has 0 atom stereocenters. The molecule has 2 amide bonds. The van der Waals surface area contributed by atoms with Gasteiger partial charge < -0.3 is 25.8 Å². The summed E-state index contributed by atoms with van der Waals surface area (Å²) in [6.07, 6.45) is 1.01. The Balaban J connectivity index is 0.000000263. The van der Waals surface area contributed by atoms with Gasteiger partial charge in [0.05, 0.1) is 30.5 Å². The second-order valence-electron chi connectivity index (χ2n) is 4.63. The SMILES string of the molecule is COc1ccc(N)cc1NC=O.COc1ccc([N+](=O)[O-])cc1NC=O. The standard InChI is InChI=1S/C8H8N2O4.C8H10N2O2/c1-14-8-3-2-6(10(12)13)4-7(8)9-5-11;1-12-8-3-2-6(9)4-7(8)10-5-11/h2-5H,1H3,(H,9,11);2-5H,9H2,1H3,(H,10,11). The number of anilines is 3. The zero-order chi connectivity index (χ0) is 19.5. The van der Waals surface area contributed by atoms with Crippen molar-refractivity contribution in [1.29, 1.82) is 0 Å². The van der Waals surface area contributed by atoms with Crippen molar-refractivity contribution in [1.82, 2.24) is 0 Å². The van der Waals surface area contributed by atoms with Crippen LogP contribution in [0.15, 0.2) is 36.4 Å². The van der Waals surface area contributed by atoms with Gasteiger partial charge >= 0.3 is 0 Å². The number of nitrogens with two attached hydrogens (primary N) is 1. The van der Waals surface area contributed by atoms with Crippen LogP contribution in [0.25, 0.3) is 0 Å². The number of rotatable bonds is 7. The number of nitrogens with zero attached hydrogens (tertiary/aromatic N) is 1. The molecule has 0 unspecified atom stereocenters. The maximum atomic E-state index is 10.4. The smallest absolute Gasteiger partial charge is 0.271 e. The Bertz CT molecular complexity index is 781. The van der Waals surface area contributed by atoms with Gasteiger partial charge in [-0.25, -0.2) is 0 Å². The molecule has 0 saturated carbocycles. The van der Waals surface area contributed by atoms with Gasteiger partial charge in [-0.05, 0) is 24.3 Å². The van der Waals surface area contributed by atoms with Gasteiger partial charge in [-0.1, -0.05) is 0 Å². The minimum Gasteiger partial charge on any atom is -0.495 e. The fourth-order valence-corrected chi connectivity index (χ4v) is 1.89. The zero-order valence-electron chi connectivity index (χ0n) is 14.1. The highest BCUT2D eigenvalue weighted by molar-refractivity contribution is 5.78. The van der Waals surface area contributed by atoms with E-state index in [4.69, 9.17) is 15.2 Å². The molecule has 2 aromatic carbocycles. The van der Waals surface area contributed by atoms with Crippen molar-refractivity contribution in [3.05, 3.63) is 46.5 Å². The highest BCUT2D eigenvalue weighted by Crippen LogP contribution is 2.28. The van der Waals surface area contributed by atoms with Crippen molar-refractivity contribution in [2.24, 2.45) is 0 Å². The molecule has 2 aromatic rings. The highest BCUT2D eigenvalue weighted by Gasteiger charge is 2.10. The minimum atomic E-state index is -0.546. The third-order valence-electron chi connectivity index (χ3n) is 3.05. The molecular weight excluding hydrogens is 344 g/mol. The van der Waals surface area contributed by atoms with Crippen molar-refractivity contribution in [3.63, 3.8) is 0 Å². The van der Waals surface area contributed by atoms with Crippen molar-refractivity contribution in [2.45, 2.75) is 0 Å². The fraction of sp³-hybridized carbons (Fsp3) is 0.125. The average Bonchev–Trinajstić information content (AvgIpc) is 2.63. The Labute approximate surface area is 149 Å². The molecule has 4 N–H and O–H groups in total.